The van der Waals surface area contributed by atoms with Crippen molar-refractivity contribution in [1.82, 2.24) is 10.6 Å². The van der Waals surface area contributed by atoms with Crippen LogP contribution in [-0.4, -0.2) is 25.4 Å². The number of nitrogens with one attached hydrogen (secondary N) is 2. The van der Waals surface area contributed by atoms with Crippen LogP contribution in [0.4, 0.5) is 0 Å². The minimum atomic E-state index is -0.743. The molecule has 4 nitrogen and oxygen atoms in total. The van der Waals surface area contributed by atoms with Gasteiger partial charge in [0.1, 0.15) is 0 Å². The van der Waals surface area contributed by atoms with E-state index in [2.05, 4.69) is 10.6 Å². The fourth-order valence-electron chi connectivity index (χ4n) is 2.14. The van der Waals surface area contributed by atoms with Crippen molar-refractivity contribution in [3.8, 4) is 0 Å². The molecule has 1 heterocycles. The van der Waals surface area contributed by atoms with E-state index < -0.39 is 5.41 Å². The summed E-state index contributed by atoms with van der Waals surface area (Å²) in [5.74, 6) is -0.190. The topological polar surface area (TPSA) is 58.2 Å². The Labute approximate surface area is 94.0 Å². The fraction of sp³-hybridized carbons (Fsp3) is 0.333. The monoisotopic (exact) mass is 218 g/mol. The molecular weight excluding hydrogens is 204 g/mol. The predicted molar refractivity (Wildman–Crippen MR) is 59.8 cm³/mol. The quantitative estimate of drug-likeness (QED) is 0.744. The summed E-state index contributed by atoms with van der Waals surface area (Å²) in [6.45, 7) is 0.371. The van der Waals surface area contributed by atoms with Crippen LogP contribution < -0.4 is 10.6 Å². The van der Waals surface area contributed by atoms with Gasteiger partial charge in [-0.15, -0.1) is 0 Å². The van der Waals surface area contributed by atoms with E-state index in [1.807, 2.05) is 30.3 Å². The fourth-order valence-corrected chi connectivity index (χ4v) is 2.14. The lowest BCUT2D eigenvalue weighted by Crippen LogP contribution is -2.44. The maximum absolute atomic E-state index is 12.0. The normalized spacial score (nSPS) is 23.9. The average Bonchev–Trinajstić information content (AvgIpc) is 2.73. The van der Waals surface area contributed by atoms with E-state index in [1.54, 1.807) is 7.05 Å². The van der Waals surface area contributed by atoms with Crippen molar-refractivity contribution in [3.63, 3.8) is 0 Å². The van der Waals surface area contributed by atoms with Crippen molar-refractivity contribution in [2.45, 2.75) is 11.8 Å². The molecule has 1 aromatic carbocycles. The molecular formula is C12H14N2O2. The number of carbonyl (C=O) groups excluding carboxylic acids is 2. The highest BCUT2D eigenvalue weighted by molar-refractivity contribution is 5.96. The van der Waals surface area contributed by atoms with Gasteiger partial charge in [-0.25, -0.2) is 0 Å². The summed E-state index contributed by atoms with van der Waals surface area (Å²) in [6, 6.07) is 9.42. The summed E-state index contributed by atoms with van der Waals surface area (Å²) in [6.07, 6.45) is 0.219. The Morgan fingerprint density at radius 1 is 1.38 bits per heavy atom. The second-order valence-electron chi connectivity index (χ2n) is 3.98. The number of rotatable bonds is 2. The molecule has 4 heteroatoms. The molecule has 0 aromatic heterocycles. The van der Waals surface area contributed by atoms with Crippen LogP contribution in [0.25, 0.3) is 0 Å². The molecule has 1 saturated heterocycles. The van der Waals surface area contributed by atoms with E-state index in [0.29, 0.717) is 6.54 Å². The Hall–Kier alpha value is -1.84. The zero-order valence-electron chi connectivity index (χ0n) is 9.12. The number of benzene rings is 1. The third-order valence-corrected chi connectivity index (χ3v) is 3.04. The van der Waals surface area contributed by atoms with Crippen LogP contribution in [0.1, 0.15) is 12.0 Å². The van der Waals surface area contributed by atoms with Gasteiger partial charge >= 0.3 is 0 Å². The standard InChI is InChI=1S/C12H14N2O2/c1-13-11(16)12(7-10(15)14-8-12)9-5-3-2-4-6-9/h2-6H,7-8H2,1H3,(H,13,16)(H,14,15)/t12-/m0/s1. The highest BCUT2D eigenvalue weighted by atomic mass is 16.2. The summed E-state index contributed by atoms with van der Waals surface area (Å²) < 4.78 is 0. The van der Waals surface area contributed by atoms with Crippen LogP contribution in [0.2, 0.25) is 0 Å². The van der Waals surface area contributed by atoms with E-state index in [0.717, 1.165) is 5.56 Å². The molecule has 2 amide bonds. The zero-order chi connectivity index (χ0) is 11.6. The Kier molecular flexibility index (Phi) is 2.64. The van der Waals surface area contributed by atoms with Gasteiger partial charge in [0.25, 0.3) is 0 Å². The Morgan fingerprint density at radius 3 is 2.56 bits per heavy atom. The van der Waals surface area contributed by atoms with Crippen molar-refractivity contribution in [3.05, 3.63) is 35.9 Å². The van der Waals surface area contributed by atoms with Crippen molar-refractivity contribution in [2.24, 2.45) is 0 Å². The van der Waals surface area contributed by atoms with Gasteiger partial charge in [-0.2, -0.15) is 0 Å². The Balaban J connectivity index is 2.44. The van der Waals surface area contributed by atoms with E-state index in [9.17, 15) is 9.59 Å². The molecule has 0 aliphatic carbocycles. The first-order valence-electron chi connectivity index (χ1n) is 5.23. The molecule has 1 aliphatic rings. The molecule has 0 spiro atoms. The van der Waals surface area contributed by atoms with Gasteiger partial charge in [-0.05, 0) is 5.56 Å². The summed E-state index contributed by atoms with van der Waals surface area (Å²) in [5, 5.41) is 5.36. The number of hydrogen-bond acceptors (Lipinski definition) is 2. The molecule has 1 aromatic rings. The first kappa shape index (κ1) is 10.7. The summed E-state index contributed by atoms with van der Waals surface area (Å²) in [4.78, 5) is 23.3. The molecule has 1 fully saturated rings. The van der Waals surface area contributed by atoms with Gasteiger partial charge in [0.15, 0.2) is 0 Å². The van der Waals surface area contributed by atoms with Gasteiger partial charge in [0.05, 0.1) is 5.41 Å². The molecule has 84 valence electrons. The average molecular weight is 218 g/mol. The first-order chi connectivity index (χ1) is 7.69. The molecule has 0 saturated carbocycles. The van der Waals surface area contributed by atoms with Crippen molar-refractivity contribution >= 4 is 11.8 Å². The smallest absolute Gasteiger partial charge is 0.232 e. The lowest BCUT2D eigenvalue weighted by Gasteiger charge is -2.25. The van der Waals surface area contributed by atoms with Crippen molar-refractivity contribution in [1.29, 1.82) is 0 Å². The maximum atomic E-state index is 12.0. The summed E-state index contributed by atoms with van der Waals surface area (Å²) in [5.41, 5.74) is 0.139. The van der Waals surface area contributed by atoms with Crippen molar-refractivity contribution in [2.75, 3.05) is 13.6 Å². The molecule has 2 N–H and O–H groups in total. The number of amides is 2. The van der Waals surface area contributed by atoms with Crippen LogP contribution >= 0.6 is 0 Å². The highest BCUT2D eigenvalue weighted by Crippen LogP contribution is 2.31. The van der Waals surface area contributed by atoms with Crippen LogP contribution in [0.5, 0.6) is 0 Å². The van der Waals surface area contributed by atoms with Crippen LogP contribution in [-0.2, 0) is 15.0 Å². The molecule has 0 radical (unpaired) electrons. The summed E-state index contributed by atoms with van der Waals surface area (Å²) in [7, 11) is 1.59. The Morgan fingerprint density at radius 2 is 2.06 bits per heavy atom. The molecule has 2 rings (SSSR count). The number of carbonyl (C=O) groups is 2. The highest BCUT2D eigenvalue weighted by Gasteiger charge is 2.45. The summed E-state index contributed by atoms with van der Waals surface area (Å²) >= 11 is 0. The van der Waals surface area contributed by atoms with E-state index >= 15 is 0 Å². The second-order valence-corrected chi connectivity index (χ2v) is 3.98. The lowest BCUT2D eigenvalue weighted by atomic mass is 9.78. The van der Waals surface area contributed by atoms with Gasteiger partial charge in [-0.3, -0.25) is 9.59 Å². The lowest BCUT2D eigenvalue weighted by molar-refractivity contribution is -0.127. The first-order valence-corrected chi connectivity index (χ1v) is 5.23. The van der Waals surface area contributed by atoms with Crippen molar-refractivity contribution < 1.29 is 9.59 Å². The van der Waals surface area contributed by atoms with Gasteiger partial charge < -0.3 is 10.6 Å². The Bertz CT molecular complexity index is 416. The van der Waals surface area contributed by atoms with Crippen LogP contribution in [0, 0.1) is 0 Å². The molecule has 16 heavy (non-hydrogen) atoms. The number of likely N-dealkylation sites (N-methyl/N-ethyl adjacent to an activating group) is 1. The van der Waals surface area contributed by atoms with Crippen LogP contribution in [0.15, 0.2) is 30.3 Å². The minimum Gasteiger partial charge on any atom is -0.358 e. The van der Waals surface area contributed by atoms with E-state index in [1.165, 1.54) is 0 Å². The SMILES string of the molecule is CNC(=O)[C@]1(c2ccccc2)CNC(=O)C1. The maximum Gasteiger partial charge on any atom is 0.232 e. The van der Waals surface area contributed by atoms with E-state index in [4.69, 9.17) is 0 Å². The third-order valence-electron chi connectivity index (χ3n) is 3.04. The minimum absolute atomic E-state index is 0.0764. The molecule has 0 bridgehead atoms. The zero-order valence-corrected chi connectivity index (χ0v) is 9.12. The molecule has 1 atom stereocenters. The van der Waals surface area contributed by atoms with Gasteiger partial charge in [0.2, 0.25) is 11.8 Å². The molecule has 1 aliphatic heterocycles. The largest absolute Gasteiger partial charge is 0.358 e. The van der Waals surface area contributed by atoms with Crippen LogP contribution in [0.3, 0.4) is 0 Å². The third kappa shape index (κ3) is 1.56. The van der Waals surface area contributed by atoms with Gasteiger partial charge in [0, 0.05) is 20.0 Å². The van der Waals surface area contributed by atoms with E-state index in [-0.39, 0.29) is 18.2 Å². The second kappa shape index (κ2) is 3.96. The van der Waals surface area contributed by atoms with Gasteiger partial charge in [-0.1, -0.05) is 30.3 Å². The molecule has 0 unspecified atom stereocenters. The number of hydrogen-bond donors (Lipinski definition) is 2. The predicted octanol–water partition coefficient (Wildman–Crippen LogP) is 0.190.